The summed E-state index contributed by atoms with van der Waals surface area (Å²) >= 11 is 0. The lowest BCUT2D eigenvalue weighted by Crippen LogP contribution is -2.11. The zero-order valence-corrected chi connectivity index (χ0v) is 37.7. The molecule has 0 spiro atoms. The first-order valence-corrected chi connectivity index (χ1v) is 23.3. The number of hydrogen-bond donors (Lipinski definition) is 0. The minimum absolute atomic E-state index is 0.399. The van der Waals surface area contributed by atoms with Crippen LogP contribution in [0, 0.1) is 0 Å². The number of nitrogens with zero attached hydrogens (tertiary/aromatic N) is 2. The summed E-state index contributed by atoms with van der Waals surface area (Å²) in [6.45, 7) is 8.95. The van der Waals surface area contributed by atoms with Crippen molar-refractivity contribution in [1.82, 2.24) is 0 Å². The van der Waals surface area contributed by atoms with Gasteiger partial charge in [-0.3, -0.25) is 0 Å². The van der Waals surface area contributed by atoms with Crippen molar-refractivity contribution in [3.05, 3.63) is 205 Å². The van der Waals surface area contributed by atoms with E-state index in [4.69, 9.17) is 13.3 Å². The SMILES string of the molecule is CC(C)c1ccc(N(c2cc3oc4cc(N(c5ccc(C(C)C)cc5)c5cccc6c5oc5ccccc56)c5ccccc5c4c3c3ccccc23)c2cccc3c2oc2ccccc23)cc1. The summed E-state index contributed by atoms with van der Waals surface area (Å²) in [6.07, 6.45) is 0. The molecule has 13 rings (SSSR count). The van der Waals surface area contributed by atoms with Crippen molar-refractivity contribution in [3.63, 3.8) is 0 Å². The molecule has 0 aliphatic rings. The van der Waals surface area contributed by atoms with Crippen molar-refractivity contribution in [3.8, 4) is 0 Å². The monoisotopic (exact) mass is 866 g/mol. The highest BCUT2D eigenvalue weighted by atomic mass is 16.3. The summed E-state index contributed by atoms with van der Waals surface area (Å²) < 4.78 is 20.8. The molecule has 0 bridgehead atoms. The molecule has 10 aromatic carbocycles. The Bertz CT molecular complexity index is 3790. The second-order valence-electron chi connectivity index (χ2n) is 18.4. The van der Waals surface area contributed by atoms with E-state index >= 15 is 0 Å². The molecule has 0 aliphatic carbocycles. The Labute approximate surface area is 387 Å². The van der Waals surface area contributed by atoms with Crippen LogP contribution in [0.25, 0.3) is 87.4 Å². The molecule has 0 amide bonds. The Morgan fingerprint density at radius 1 is 0.299 bits per heavy atom. The molecule has 3 heterocycles. The lowest BCUT2D eigenvalue weighted by atomic mass is 9.96. The minimum Gasteiger partial charge on any atom is -0.456 e. The highest BCUT2D eigenvalue weighted by Gasteiger charge is 2.27. The van der Waals surface area contributed by atoms with Gasteiger partial charge in [0.05, 0.1) is 22.7 Å². The number of fused-ring (bicyclic) bond motifs is 13. The van der Waals surface area contributed by atoms with E-state index in [1.165, 1.54) is 11.1 Å². The van der Waals surface area contributed by atoms with E-state index < -0.39 is 0 Å². The van der Waals surface area contributed by atoms with Gasteiger partial charge in [-0.15, -0.1) is 0 Å². The molecule has 5 nitrogen and oxygen atoms in total. The quantitative estimate of drug-likeness (QED) is 0.152. The van der Waals surface area contributed by atoms with Crippen LogP contribution < -0.4 is 9.80 Å². The molecule has 0 unspecified atom stereocenters. The van der Waals surface area contributed by atoms with Gasteiger partial charge in [0.2, 0.25) is 0 Å². The topological polar surface area (TPSA) is 45.9 Å². The van der Waals surface area contributed by atoms with Crippen molar-refractivity contribution in [1.29, 1.82) is 0 Å². The van der Waals surface area contributed by atoms with Gasteiger partial charge in [-0.05, 0) is 82.3 Å². The molecular formula is C62H46N2O3. The predicted octanol–water partition coefficient (Wildman–Crippen LogP) is 18.9. The average Bonchev–Trinajstić information content (AvgIpc) is 4.07. The number of furan rings is 3. The fraction of sp³-hybridized carbons (Fsp3) is 0.0968. The summed E-state index contributed by atoms with van der Waals surface area (Å²) in [5, 5.41) is 10.9. The van der Waals surface area contributed by atoms with Crippen LogP contribution in [0.4, 0.5) is 34.1 Å². The maximum Gasteiger partial charge on any atom is 0.159 e. The van der Waals surface area contributed by atoms with Crippen molar-refractivity contribution < 1.29 is 13.3 Å². The Kier molecular flexibility index (Phi) is 8.84. The fourth-order valence-electron chi connectivity index (χ4n) is 10.5. The van der Waals surface area contributed by atoms with Gasteiger partial charge in [0.25, 0.3) is 0 Å². The van der Waals surface area contributed by atoms with Crippen LogP contribution in [0.5, 0.6) is 0 Å². The molecule has 0 atom stereocenters. The molecule has 13 aromatic rings. The first-order valence-electron chi connectivity index (χ1n) is 23.3. The molecule has 5 heteroatoms. The minimum atomic E-state index is 0.399. The number of anilines is 6. The maximum atomic E-state index is 7.27. The Hall–Kier alpha value is -8.28. The van der Waals surface area contributed by atoms with Gasteiger partial charge in [-0.1, -0.05) is 161 Å². The van der Waals surface area contributed by atoms with Gasteiger partial charge in [-0.25, -0.2) is 0 Å². The van der Waals surface area contributed by atoms with Crippen molar-refractivity contribution in [2.75, 3.05) is 9.80 Å². The molecule has 0 N–H and O–H groups in total. The zero-order chi connectivity index (χ0) is 44.9. The largest absolute Gasteiger partial charge is 0.456 e. The molecule has 0 saturated carbocycles. The lowest BCUT2D eigenvalue weighted by molar-refractivity contribution is 0.667. The van der Waals surface area contributed by atoms with Gasteiger partial charge in [0, 0.05) is 66.6 Å². The summed E-state index contributed by atoms with van der Waals surface area (Å²) in [6, 6.07) is 69.4. The third kappa shape index (κ3) is 6.08. The first-order chi connectivity index (χ1) is 32.9. The molecule has 0 saturated heterocycles. The normalized spacial score (nSPS) is 12.1. The van der Waals surface area contributed by atoms with E-state index in [-0.39, 0.29) is 0 Å². The summed E-state index contributed by atoms with van der Waals surface area (Å²) in [5.41, 5.74) is 13.6. The second-order valence-corrected chi connectivity index (χ2v) is 18.4. The van der Waals surface area contributed by atoms with E-state index in [9.17, 15) is 0 Å². The number of rotatable bonds is 8. The zero-order valence-electron chi connectivity index (χ0n) is 37.7. The third-order valence-corrected chi connectivity index (χ3v) is 13.8. The van der Waals surface area contributed by atoms with Crippen molar-refractivity contribution >= 4 is 121 Å². The fourth-order valence-corrected chi connectivity index (χ4v) is 10.5. The molecule has 67 heavy (non-hydrogen) atoms. The van der Waals surface area contributed by atoms with E-state index in [2.05, 4.69) is 207 Å². The lowest BCUT2D eigenvalue weighted by Gasteiger charge is -2.27. The number of benzene rings is 10. The highest BCUT2D eigenvalue weighted by Crippen LogP contribution is 2.51. The van der Waals surface area contributed by atoms with E-state index in [0.29, 0.717) is 11.8 Å². The van der Waals surface area contributed by atoms with Crippen LogP contribution in [0.3, 0.4) is 0 Å². The highest BCUT2D eigenvalue weighted by molar-refractivity contribution is 6.30. The predicted molar refractivity (Wildman–Crippen MR) is 281 cm³/mol. The maximum absolute atomic E-state index is 7.27. The Balaban J connectivity index is 1.10. The van der Waals surface area contributed by atoms with E-state index in [1.54, 1.807) is 0 Å². The van der Waals surface area contributed by atoms with Crippen LogP contribution in [0.1, 0.15) is 50.7 Å². The standard InChI is InChI=1S/C62H46N2O3/c1-37(2)39-27-31-41(32-28-39)63(51-23-13-21-49-45-17-9-11-25-55(45)66-61(49)51)53-35-57-59(47-19-7-5-15-43(47)53)60-48-20-8-6-16-44(48)54(36-58(60)65-57)64(42-33-29-40(30-34-42)38(3)4)52-24-14-22-50-46-18-10-12-26-56(46)67-62(50)52/h5-38H,1-4H3. The molecule has 0 radical (unpaired) electrons. The van der Waals surface area contributed by atoms with Crippen LogP contribution in [0.15, 0.2) is 207 Å². The third-order valence-electron chi connectivity index (χ3n) is 13.8. The first kappa shape index (κ1) is 39.1. The van der Waals surface area contributed by atoms with E-state index in [1.807, 2.05) is 24.3 Å². The van der Waals surface area contributed by atoms with Gasteiger partial charge >= 0.3 is 0 Å². The van der Waals surface area contributed by atoms with Gasteiger partial charge in [0.15, 0.2) is 11.2 Å². The van der Waals surface area contributed by atoms with Crippen molar-refractivity contribution in [2.45, 2.75) is 39.5 Å². The average molecular weight is 867 g/mol. The Morgan fingerprint density at radius 3 is 1.06 bits per heavy atom. The molecule has 3 aromatic heterocycles. The number of hydrogen-bond acceptors (Lipinski definition) is 5. The van der Waals surface area contributed by atoms with Gasteiger partial charge in [-0.2, -0.15) is 0 Å². The number of para-hydroxylation sites is 4. The summed E-state index contributed by atoms with van der Waals surface area (Å²) in [5.74, 6) is 0.798. The molecule has 0 fully saturated rings. The van der Waals surface area contributed by atoms with Crippen LogP contribution in [-0.2, 0) is 0 Å². The summed E-state index contributed by atoms with van der Waals surface area (Å²) in [4.78, 5) is 4.70. The van der Waals surface area contributed by atoms with Gasteiger partial charge < -0.3 is 23.1 Å². The summed E-state index contributed by atoms with van der Waals surface area (Å²) in [7, 11) is 0. The molecular weight excluding hydrogens is 821 g/mol. The molecule has 322 valence electrons. The Morgan fingerprint density at radius 2 is 0.657 bits per heavy atom. The van der Waals surface area contributed by atoms with Crippen molar-refractivity contribution in [2.24, 2.45) is 0 Å². The van der Waals surface area contributed by atoms with Crippen LogP contribution in [0.2, 0.25) is 0 Å². The van der Waals surface area contributed by atoms with Gasteiger partial charge in [0.1, 0.15) is 22.3 Å². The van der Waals surface area contributed by atoms with E-state index in [0.717, 1.165) is 121 Å². The molecule has 0 aliphatic heterocycles. The second kappa shape index (κ2) is 15.1. The van der Waals surface area contributed by atoms with Crippen LogP contribution >= 0.6 is 0 Å². The smallest absolute Gasteiger partial charge is 0.159 e. The van der Waals surface area contributed by atoms with Crippen LogP contribution in [-0.4, -0.2) is 0 Å².